The summed E-state index contributed by atoms with van der Waals surface area (Å²) in [7, 11) is -3.74. The van der Waals surface area contributed by atoms with Gasteiger partial charge in [0, 0.05) is 22.5 Å². The summed E-state index contributed by atoms with van der Waals surface area (Å²) in [4.78, 5) is 25.2. The maximum absolute atomic E-state index is 13.1. The molecule has 0 spiro atoms. The van der Waals surface area contributed by atoms with Crippen LogP contribution < -0.4 is 11.5 Å². The van der Waals surface area contributed by atoms with Gasteiger partial charge >= 0.3 is 0 Å². The van der Waals surface area contributed by atoms with Crippen molar-refractivity contribution in [1.29, 1.82) is 0 Å². The molecule has 4 N–H and O–H groups in total. The Morgan fingerprint density at radius 3 is 2.27 bits per heavy atom. The number of sulfonamides is 1. The number of rotatable bonds is 9. The second-order valence-corrected chi connectivity index (χ2v) is 12.4. The molecule has 1 amide bonds. The van der Waals surface area contributed by atoms with Gasteiger partial charge in [-0.2, -0.15) is 4.31 Å². The number of amides is 1. The lowest BCUT2D eigenvalue weighted by atomic mass is 10.0. The Bertz CT molecular complexity index is 1700. The second kappa shape index (κ2) is 12.2. The molecule has 0 aliphatic carbocycles. The molecule has 40 heavy (non-hydrogen) atoms. The highest BCUT2D eigenvalue weighted by Gasteiger charge is 2.33. The number of anilines is 1. The van der Waals surface area contributed by atoms with Gasteiger partial charge in [0.15, 0.2) is 5.76 Å². The molecule has 0 saturated carbocycles. The van der Waals surface area contributed by atoms with E-state index in [2.05, 4.69) is 0 Å². The van der Waals surface area contributed by atoms with E-state index in [9.17, 15) is 18.0 Å². The molecular weight excluding hydrogens is 597 g/mol. The summed E-state index contributed by atoms with van der Waals surface area (Å²) in [6.45, 7) is 3.46. The van der Waals surface area contributed by atoms with Crippen molar-refractivity contribution < 1.29 is 22.4 Å². The predicted molar refractivity (Wildman–Crippen MR) is 161 cm³/mol. The van der Waals surface area contributed by atoms with Gasteiger partial charge in [-0.1, -0.05) is 61.3 Å². The first kappa shape index (κ1) is 31.4. The Kier molecular flexibility index (Phi) is 9.59. The molecule has 0 bridgehead atoms. The van der Waals surface area contributed by atoms with Crippen LogP contribution in [0.15, 0.2) is 65.1 Å². The molecule has 1 atom stereocenters. The van der Waals surface area contributed by atoms with E-state index in [1.807, 2.05) is 18.2 Å². The summed E-state index contributed by atoms with van der Waals surface area (Å²) < 4.78 is 32.1. The van der Waals surface area contributed by atoms with Crippen LogP contribution in [0.3, 0.4) is 0 Å². The van der Waals surface area contributed by atoms with Crippen LogP contribution in [0.2, 0.25) is 10.0 Å². The number of primary amides is 1. The first-order valence-corrected chi connectivity index (χ1v) is 14.6. The van der Waals surface area contributed by atoms with Crippen molar-refractivity contribution >= 4 is 74.0 Å². The number of hydrogen-bond acceptors (Lipinski definition) is 6. The van der Waals surface area contributed by atoms with Gasteiger partial charge in [0.25, 0.3) is 0 Å². The van der Waals surface area contributed by atoms with E-state index in [1.54, 1.807) is 44.2 Å². The van der Waals surface area contributed by atoms with Crippen molar-refractivity contribution in [3.8, 4) is 11.1 Å². The lowest BCUT2D eigenvalue weighted by Gasteiger charge is -2.30. The number of carbonyl (C=O) groups excluding carboxylic acids is 2. The quantitative estimate of drug-likeness (QED) is 0.222. The molecule has 0 radical (unpaired) electrons. The van der Waals surface area contributed by atoms with Gasteiger partial charge < -0.3 is 15.9 Å². The summed E-state index contributed by atoms with van der Waals surface area (Å²) in [6, 6.07) is 16.1. The second-order valence-electron chi connectivity index (χ2n) is 9.61. The van der Waals surface area contributed by atoms with E-state index >= 15 is 0 Å². The first-order valence-electron chi connectivity index (χ1n) is 11.9. The van der Waals surface area contributed by atoms with Crippen molar-refractivity contribution in [2.24, 2.45) is 11.7 Å². The van der Waals surface area contributed by atoms with Crippen molar-refractivity contribution in [2.75, 3.05) is 12.0 Å². The summed E-state index contributed by atoms with van der Waals surface area (Å²) in [5.41, 5.74) is 14.8. The van der Waals surface area contributed by atoms with Crippen molar-refractivity contribution in [3.63, 3.8) is 0 Å². The number of furan rings is 1. The standard InChI is InChI=1S/C28H27Cl2N3O5S.ClH/c1-15(2)25(28(32)35)33(39(3,36)37)14-16-5-4-6-17(11-16)18-7-9-21-23(12-18)38-27(24(21)31)26(34)20-10-8-19(29)13-22(20)30;/h4-13,15,25H,14,31H2,1-3H3,(H2,32,35);1H/t25-;/m0./s1. The number of nitrogens with zero attached hydrogens (tertiary/aromatic N) is 1. The van der Waals surface area contributed by atoms with E-state index in [4.69, 9.17) is 39.1 Å². The number of benzene rings is 3. The summed E-state index contributed by atoms with van der Waals surface area (Å²) in [5, 5.41) is 1.15. The van der Waals surface area contributed by atoms with E-state index in [1.165, 1.54) is 12.1 Å². The van der Waals surface area contributed by atoms with Gasteiger partial charge in [0.05, 0.1) is 17.0 Å². The zero-order valence-corrected chi connectivity index (χ0v) is 25.0. The number of nitrogens with two attached hydrogens (primary N) is 2. The molecule has 0 aliphatic rings. The average Bonchev–Trinajstić information content (AvgIpc) is 3.18. The fraction of sp³-hybridized carbons (Fsp3) is 0.214. The molecule has 0 saturated heterocycles. The minimum Gasteiger partial charge on any atom is -0.450 e. The number of fused-ring (bicyclic) bond motifs is 1. The summed E-state index contributed by atoms with van der Waals surface area (Å²) in [5.74, 6) is -1.52. The van der Waals surface area contributed by atoms with E-state index in [-0.39, 0.29) is 46.9 Å². The SMILES string of the molecule is CC(C)[C@@H](C(N)=O)N(Cc1cccc(-c2ccc3c(N)c(C(=O)c4ccc(Cl)cc4Cl)oc3c2)c1)S(C)(=O)=O.Cl. The molecular formula is C28H28Cl3N3O5S. The Morgan fingerprint density at radius 2 is 1.68 bits per heavy atom. The van der Waals surface area contributed by atoms with Crippen LogP contribution in [0.5, 0.6) is 0 Å². The summed E-state index contributed by atoms with van der Waals surface area (Å²) >= 11 is 12.2. The number of ketones is 1. The zero-order valence-electron chi connectivity index (χ0n) is 21.9. The molecule has 4 aromatic rings. The van der Waals surface area contributed by atoms with Crippen molar-refractivity contribution in [1.82, 2.24) is 4.31 Å². The highest BCUT2D eigenvalue weighted by Crippen LogP contribution is 2.35. The highest BCUT2D eigenvalue weighted by molar-refractivity contribution is 7.88. The fourth-order valence-electron chi connectivity index (χ4n) is 4.51. The molecule has 1 aromatic heterocycles. The van der Waals surface area contributed by atoms with E-state index < -0.39 is 27.8 Å². The Morgan fingerprint density at radius 1 is 1.00 bits per heavy atom. The first-order chi connectivity index (χ1) is 18.3. The van der Waals surface area contributed by atoms with Gasteiger partial charge in [-0.3, -0.25) is 9.59 Å². The third kappa shape index (κ3) is 6.45. The number of hydrogen-bond donors (Lipinski definition) is 2. The molecule has 0 unspecified atom stereocenters. The lowest BCUT2D eigenvalue weighted by molar-refractivity contribution is -0.123. The Balaban J connectivity index is 0.00000441. The summed E-state index contributed by atoms with van der Waals surface area (Å²) in [6.07, 6.45) is 1.06. The maximum Gasteiger partial charge on any atom is 0.236 e. The minimum atomic E-state index is -3.74. The number of halogens is 3. The van der Waals surface area contributed by atoms with Gasteiger partial charge in [-0.05, 0) is 59.0 Å². The predicted octanol–water partition coefficient (Wildman–Crippen LogP) is 5.91. The van der Waals surface area contributed by atoms with Crippen molar-refractivity contribution in [2.45, 2.75) is 26.4 Å². The van der Waals surface area contributed by atoms with Crippen LogP contribution in [0.1, 0.15) is 35.5 Å². The third-order valence-electron chi connectivity index (χ3n) is 6.37. The topological polar surface area (TPSA) is 137 Å². The minimum absolute atomic E-state index is 0. The van der Waals surface area contributed by atoms with Gasteiger partial charge in [-0.15, -0.1) is 12.4 Å². The van der Waals surface area contributed by atoms with Crippen LogP contribution in [0.4, 0.5) is 5.69 Å². The fourth-order valence-corrected chi connectivity index (χ4v) is 6.15. The average molecular weight is 625 g/mol. The zero-order chi connectivity index (χ0) is 28.6. The Labute approximate surface area is 248 Å². The normalized spacial score (nSPS) is 12.5. The largest absolute Gasteiger partial charge is 0.450 e. The third-order valence-corrected chi connectivity index (χ3v) is 8.12. The van der Waals surface area contributed by atoms with Gasteiger partial charge in [0.1, 0.15) is 11.6 Å². The molecule has 12 heteroatoms. The maximum atomic E-state index is 13.1. The molecule has 0 aliphatic heterocycles. The number of nitrogen functional groups attached to an aromatic ring is 1. The highest BCUT2D eigenvalue weighted by atomic mass is 35.5. The van der Waals surface area contributed by atoms with Crippen molar-refractivity contribution in [3.05, 3.63) is 87.6 Å². The molecule has 3 aromatic carbocycles. The molecule has 0 fully saturated rings. The van der Waals surface area contributed by atoms with E-state index in [0.717, 1.165) is 21.7 Å². The van der Waals surface area contributed by atoms with E-state index in [0.29, 0.717) is 21.6 Å². The molecule has 8 nitrogen and oxygen atoms in total. The van der Waals surface area contributed by atoms with Crippen LogP contribution in [-0.4, -0.2) is 36.7 Å². The molecule has 1 heterocycles. The number of carbonyl (C=O) groups is 2. The smallest absolute Gasteiger partial charge is 0.236 e. The molecule has 4 rings (SSSR count). The lowest BCUT2D eigenvalue weighted by Crippen LogP contribution is -2.49. The van der Waals surface area contributed by atoms with Crippen LogP contribution in [-0.2, 0) is 21.4 Å². The van der Waals surface area contributed by atoms with Gasteiger partial charge in [-0.25, -0.2) is 8.42 Å². The van der Waals surface area contributed by atoms with Gasteiger partial charge in [0.2, 0.25) is 21.7 Å². The van der Waals surface area contributed by atoms with Crippen LogP contribution >= 0.6 is 35.6 Å². The molecule has 212 valence electrons. The van der Waals surface area contributed by atoms with Crippen LogP contribution in [0.25, 0.3) is 22.1 Å². The monoisotopic (exact) mass is 623 g/mol. The van der Waals surface area contributed by atoms with Crippen LogP contribution in [0, 0.1) is 5.92 Å². The Hall–Kier alpha value is -3.08.